The minimum Gasteiger partial charge on any atom is -0.388 e. The van der Waals surface area contributed by atoms with Gasteiger partial charge >= 0.3 is 0 Å². The predicted molar refractivity (Wildman–Crippen MR) is 104 cm³/mol. The molecule has 2 N–H and O–H groups in total. The van der Waals surface area contributed by atoms with Crippen molar-refractivity contribution in [1.29, 1.82) is 0 Å². The molecule has 1 aromatic rings. The number of carbonyl (C=O) groups is 1. The van der Waals surface area contributed by atoms with E-state index in [0.717, 1.165) is 0 Å². The van der Waals surface area contributed by atoms with E-state index in [1.54, 1.807) is 18.2 Å². The summed E-state index contributed by atoms with van der Waals surface area (Å²) in [4.78, 5) is 17.8. The van der Waals surface area contributed by atoms with Crippen molar-refractivity contribution in [3.8, 4) is 0 Å². The van der Waals surface area contributed by atoms with E-state index >= 15 is 0 Å². The van der Waals surface area contributed by atoms with E-state index in [2.05, 4.69) is 10.5 Å². The average molecular weight is 429 g/mol. The maximum Gasteiger partial charge on any atom is 0.264 e. The summed E-state index contributed by atoms with van der Waals surface area (Å²) in [5.74, 6) is -0.864. The summed E-state index contributed by atoms with van der Waals surface area (Å²) in [6.07, 6.45) is 1.78. The number of aliphatic hydroxyl groups is 1. The lowest BCUT2D eigenvalue weighted by atomic mass is 9.81. The van der Waals surface area contributed by atoms with Crippen LogP contribution in [-0.2, 0) is 19.1 Å². The van der Waals surface area contributed by atoms with Crippen molar-refractivity contribution in [1.82, 2.24) is 5.32 Å². The Morgan fingerprint density at radius 3 is 2.61 bits per heavy atom. The number of carbonyl (C=O) groups excluding carboxylic acids is 1. The van der Waals surface area contributed by atoms with E-state index in [1.165, 1.54) is 0 Å². The molecule has 4 rings (SSSR count). The fourth-order valence-electron chi connectivity index (χ4n) is 3.82. The number of rotatable bonds is 4. The van der Waals surface area contributed by atoms with Gasteiger partial charge in [-0.15, -0.1) is 0 Å². The Morgan fingerprint density at radius 1 is 1.21 bits per heavy atom. The van der Waals surface area contributed by atoms with Gasteiger partial charge in [0.15, 0.2) is 5.79 Å². The van der Waals surface area contributed by atoms with Crippen LogP contribution in [0.3, 0.4) is 0 Å². The molecule has 2 fully saturated rings. The SMILES string of the molecule is O=C(NCC1(O)CCC2(CC1)OCCO2)[C@@H]1CC(c2ccc(Cl)cc2Cl)=NO1. The first-order valence-electron chi connectivity index (χ1n) is 9.34. The number of hydrogen-bond acceptors (Lipinski definition) is 6. The van der Waals surface area contributed by atoms with Crippen molar-refractivity contribution < 1.29 is 24.2 Å². The Hall–Kier alpha value is -1.38. The molecule has 1 saturated carbocycles. The number of halogens is 2. The lowest BCUT2D eigenvalue weighted by Gasteiger charge is -2.40. The first-order valence-corrected chi connectivity index (χ1v) is 10.1. The van der Waals surface area contributed by atoms with Crippen LogP contribution < -0.4 is 5.32 Å². The van der Waals surface area contributed by atoms with Crippen LogP contribution in [0.5, 0.6) is 0 Å². The Bertz CT molecular complexity index is 785. The van der Waals surface area contributed by atoms with Gasteiger partial charge in [-0.1, -0.05) is 34.4 Å². The number of benzene rings is 1. The van der Waals surface area contributed by atoms with Crippen molar-refractivity contribution in [2.75, 3.05) is 19.8 Å². The summed E-state index contributed by atoms with van der Waals surface area (Å²) in [6.45, 7) is 1.33. The quantitative estimate of drug-likeness (QED) is 0.769. The van der Waals surface area contributed by atoms with Gasteiger partial charge in [0, 0.05) is 36.4 Å². The fourth-order valence-corrected chi connectivity index (χ4v) is 4.34. The summed E-state index contributed by atoms with van der Waals surface area (Å²) in [7, 11) is 0. The molecule has 7 nitrogen and oxygen atoms in total. The number of hydrogen-bond donors (Lipinski definition) is 2. The number of ether oxygens (including phenoxy) is 2. The summed E-state index contributed by atoms with van der Waals surface area (Å²) < 4.78 is 11.4. The third kappa shape index (κ3) is 4.14. The fraction of sp³-hybridized carbons (Fsp3) is 0.579. The van der Waals surface area contributed by atoms with E-state index in [-0.39, 0.29) is 12.5 Å². The molecule has 1 amide bonds. The van der Waals surface area contributed by atoms with Crippen molar-refractivity contribution in [3.63, 3.8) is 0 Å². The van der Waals surface area contributed by atoms with E-state index in [9.17, 15) is 9.90 Å². The van der Waals surface area contributed by atoms with Crippen LogP contribution in [-0.4, -0.2) is 54.0 Å². The summed E-state index contributed by atoms with van der Waals surface area (Å²) >= 11 is 12.1. The molecule has 2 heterocycles. The number of oxime groups is 1. The van der Waals surface area contributed by atoms with Crippen LogP contribution in [0.15, 0.2) is 23.4 Å². The van der Waals surface area contributed by atoms with Crippen LogP contribution in [0.2, 0.25) is 10.0 Å². The topological polar surface area (TPSA) is 89.4 Å². The van der Waals surface area contributed by atoms with Gasteiger partial charge in [0.25, 0.3) is 5.91 Å². The molecule has 1 saturated heterocycles. The third-order valence-corrected chi connectivity index (χ3v) is 6.10. The highest BCUT2D eigenvalue weighted by molar-refractivity contribution is 6.37. The van der Waals surface area contributed by atoms with Crippen molar-refractivity contribution in [2.45, 2.75) is 49.6 Å². The molecular weight excluding hydrogens is 407 g/mol. The molecule has 3 aliphatic rings. The van der Waals surface area contributed by atoms with Gasteiger partial charge in [-0.2, -0.15) is 0 Å². The Kier molecular flexibility index (Phi) is 5.55. The van der Waals surface area contributed by atoms with Gasteiger partial charge in [0.1, 0.15) is 0 Å². The van der Waals surface area contributed by atoms with Crippen molar-refractivity contribution in [3.05, 3.63) is 33.8 Å². The Labute approximate surface area is 172 Å². The monoisotopic (exact) mass is 428 g/mol. The highest BCUT2D eigenvalue weighted by Crippen LogP contribution is 2.40. The molecule has 28 heavy (non-hydrogen) atoms. The van der Waals surface area contributed by atoms with Crippen LogP contribution in [0, 0.1) is 0 Å². The molecule has 1 spiro atoms. The maximum absolute atomic E-state index is 12.5. The van der Waals surface area contributed by atoms with Gasteiger partial charge in [-0.05, 0) is 25.0 Å². The summed E-state index contributed by atoms with van der Waals surface area (Å²) in [5.41, 5.74) is 0.308. The molecular formula is C19H22Cl2N2O5. The zero-order valence-electron chi connectivity index (χ0n) is 15.2. The molecule has 0 bridgehead atoms. The molecule has 0 unspecified atom stereocenters. The maximum atomic E-state index is 12.5. The molecule has 1 aliphatic carbocycles. The minimum absolute atomic E-state index is 0.152. The van der Waals surface area contributed by atoms with Crippen LogP contribution in [0.4, 0.5) is 0 Å². The normalized spacial score (nSPS) is 25.4. The zero-order chi connectivity index (χ0) is 19.8. The third-order valence-electron chi connectivity index (χ3n) is 5.55. The van der Waals surface area contributed by atoms with Gasteiger partial charge in [0.05, 0.1) is 29.5 Å². The summed E-state index contributed by atoms with van der Waals surface area (Å²) in [5, 5.41) is 18.5. The van der Waals surface area contributed by atoms with Gasteiger partial charge < -0.3 is 24.7 Å². The number of nitrogens with one attached hydrogen (secondary N) is 1. The lowest BCUT2D eigenvalue weighted by Crippen LogP contribution is -2.51. The van der Waals surface area contributed by atoms with Crippen molar-refractivity contribution >= 4 is 34.8 Å². The Morgan fingerprint density at radius 2 is 1.93 bits per heavy atom. The molecule has 0 radical (unpaired) electrons. The molecule has 2 aliphatic heterocycles. The second-order valence-electron chi connectivity index (χ2n) is 7.51. The van der Waals surface area contributed by atoms with E-state index in [4.69, 9.17) is 37.5 Å². The van der Waals surface area contributed by atoms with Gasteiger partial charge in [-0.3, -0.25) is 4.79 Å². The summed E-state index contributed by atoms with van der Waals surface area (Å²) in [6, 6.07) is 5.08. The van der Waals surface area contributed by atoms with E-state index in [0.29, 0.717) is 66.6 Å². The Balaban J connectivity index is 1.28. The number of nitrogens with zero attached hydrogens (tertiary/aromatic N) is 1. The second kappa shape index (κ2) is 7.80. The zero-order valence-corrected chi connectivity index (χ0v) is 16.8. The van der Waals surface area contributed by atoms with Crippen LogP contribution in [0.25, 0.3) is 0 Å². The van der Waals surface area contributed by atoms with Crippen LogP contribution in [0.1, 0.15) is 37.7 Å². The smallest absolute Gasteiger partial charge is 0.264 e. The lowest BCUT2D eigenvalue weighted by molar-refractivity contribution is -0.201. The second-order valence-corrected chi connectivity index (χ2v) is 8.35. The van der Waals surface area contributed by atoms with Gasteiger partial charge in [-0.25, -0.2) is 0 Å². The van der Waals surface area contributed by atoms with Crippen molar-refractivity contribution in [2.24, 2.45) is 5.16 Å². The van der Waals surface area contributed by atoms with Gasteiger partial charge in [0.2, 0.25) is 6.10 Å². The standard InChI is InChI=1S/C19H22Cl2N2O5/c20-12-1-2-13(14(21)9-12)15-10-16(28-23-15)17(24)22-11-18(25)3-5-19(6-4-18)26-7-8-27-19/h1-2,9,16,25H,3-8,10-11H2,(H,22,24)/t16-/m0/s1. The number of amides is 1. The minimum atomic E-state index is -0.974. The molecule has 152 valence electrons. The molecule has 1 aromatic carbocycles. The van der Waals surface area contributed by atoms with Crippen LogP contribution >= 0.6 is 23.2 Å². The molecule has 1 atom stereocenters. The highest BCUT2D eigenvalue weighted by atomic mass is 35.5. The first kappa shape index (κ1) is 19.9. The first-order chi connectivity index (χ1) is 13.4. The highest BCUT2D eigenvalue weighted by Gasteiger charge is 2.45. The molecule has 9 heteroatoms. The largest absolute Gasteiger partial charge is 0.388 e. The average Bonchev–Trinajstić information content (AvgIpc) is 3.33. The molecule has 0 aromatic heterocycles. The van der Waals surface area contributed by atoms with E-state index < -0.39 is 17.5 Å². The van der Waals surface area contributed by atoms with E-state index in [1.807, 2.05) is 0 Å². The predicted octanol–water partition coefficient (Wildman–Crippen LogP) is 2.65.